The largest absolute Gasteiger partial charge is 0.452 e. The molecule has 12 heteroatoms. The van der Waals surface area contributed by atoms with Crippen LogP contribution in [0, 0.1) is 17.5 Å². The molecule has 1 amide bonds. The van der Waals surface area contributed by atoms with Crippen molar-refractivity contribution in [3.63, 3.8) is 0 Å². The monoisotopic (exact) mass is 458 g/mol. The molecule has 2 aromatic rings. The third-order valence-electron chi connectivity index (χ3n) is 4.30. The highest BCUT2D eigenvalue weighted by Crippen LogP contribution is 2.21. The number of nitrogens with zero attached hydrogens (tertiary/aromatic N) is 1. The summed E-state index contributed by atoms with van der Waals surface area (Å²) in [5.74, 6) is -5.06. The Morgan fingerprint density at radius 1 is 1.03 bits per heavy atom. The summed E-state index contributed by atoms with van der Waals surface area (Å²) in [7, 11) is -3.99. The maximum Gasteiger partial charge on any atom is 0.341 e. The molecule has 1 aliphatic heterocycles. The van der Waals surface area contributed by atoms with Crippen LogP contribution < -0.4 is 5.32 Å². The predicted molar refractivity (Wildman–Crippen MR) is 101 cm³/mol. The first-order chi connectivity index (χ1) is 14.7. The summed E-state index contributed by atoms with van der Waals surface area (Å²) in [6.07, 6.45) is 0. The van der Waals surface area contributed by atoms with Crippen molar-refractivity contribution in [3.8, 4) is 0 Å². The molecular formula is C19H17F3N2O6S. The van der Waals surface area contributed by atoms with Crippen LogP contribution in [-0.2, 0) is 24.3 Å². The minimum Gasteiger partial charge on any atom is -0.452 e. The standard InChI is InChI=1S/C19H17F3N2O6S/c20-12-1-3-16(22)17(9-12)23-18(25)11-30-19(26)14-10-13(2-4-15(14)21)31(27,28)24-5-7-29-8-6-24/h1-4,9-10H,5-8,11H2,(H,23,25). The van der Waals surface area contributed by atoms with Gasteiger partial charge in [-0.2, -0.15) is 4.31 Å². The van der Waals surface area contributed by atoms with Crippen molar-refractivity contribution >= 4 is 27.6 Å². The third kappa shape index (κ3) is 5.40. The average Bonchev–Trinajstić information content (AvgIpc) is 2.75. The normalized spacial score (nSPS) is 14.8. The van der Waals surface area contributed by atoms with Crippen LogP contribution in [0.1, 0.15) is 10.4 Å². The molecule has 0 spiro atoms. The number of esters is 1. The molecular weight excluding hydrogens is 441 g/mol. The lowest BCUT2D eigenvalue weighted by atomic mass is 10.2. The summed E-state index contributed by atoms with van der Waals surface area (Å²) in [5, 5.41) is 2.01. The summed E-state index contributed by atoms with van der Waals surface area (Å²) in [6, 6.07) is 5.00. The van der Waals surface area contributed by atoms with E-state index in [4.69, 9.17) is 9.47 Å². The van der Waals surface area contributed by atoms with Crippen LogP contribution in [0.2, 0.25) is 0 Å². The van der Waals surface area contributed by atoms with E-state index in [0.29, 0.717) is 0 Å². The maximum atomic E-state index is 14.1. The number of sulfonamides is 1. The molecule has 1 heterocycles. The Morgan fingerprint density at radius 3 is 2.42 bits per heavy atom. The summed E-state index contributed by atoms with van der Waals surface area (Å²) in [4.78, 5) is 23.7. The number of hydrogen-bond acceptors (Lipinski definition) is 6. The molecule has 1 N–H and O–H groups in total. The Balaban J connectivity index is 1.69. The molecule has 3 rings (SSSR count). The number of amides is 1. The molecule has 0 radical (unpaired) electrons. The fraction of sp³-hybridized carbons (Fsp3) is 0.263. The van der Waals surface area contributed by atoms with Crippen molar-refractivity contribution < 1.29 is 40.7 Å². The minimum absolute atomic E-state index is 0.107. The third-order valence-corrected chi connectivity index (χ3v) is 6.20. The van der Waals surface area contributed by atoms with Gasteiger partial charge in [-0.3, -0.25) is 4.79 Å². The van der Waals surface area contributed by atoms with E-state index in [1.807, 2.05) is 5.32 Å². The van der Waals surface area contributed by atoms with Crippen LogP contribution in [0.5, 0.6) is 0 Å². The molecule has 0 atom stereocenters. The van der Waals surface area contributed by atoms with E-state index in [-0.39, 0.29) is 31.2 Å². The van der Waals surface area contributed by atoms with Gasteiger partial charge in [-0.25, -0.2) is 26.4 Å². The maximum absolute atomic E-state index is 14.1. The van der Waals surface area contributed by atoms with Gasteiger partial charge in [0.05, 0.1) is 29.4 Å². The summed E-state index contributed by atoms with van der Waals surface area (Å²) in [5.41, 5.74) is -1.16. The van der Waals surface area contributed by atoms with Crippen LogP contribution in [0.4, 0.5) is 18.9 Å². The van der Waals surface area contributed by atoms with Crippen LogP contribution in [0.3, 0.4) is 0 Å². The van der Waals surface area contributed by atoms with E-state index in [1.165, 1.54) is 0 Å². The van der Waals surface area contributed by atoms with Crippen molar-refractivity contribution in [1.82, 2.24) is 4.31 Å². The Bertz CT molecular complexity index is 1100. The van der Waals surface area contributed by atoms with E-state index in [1.54, 1.807) is 0 Å². The van der Waals surface area contributed by atoms with Crippen molar-refractivity contribution in [2.24, 2.45) is 0 Å². The van der Waals surface area contributed by atoms with Gasteiger partial charge < -0.3 is 14.8 Å². The number of carbonyl (C=O) groups excluding carboxylic acids is 2. The van der Waals surface area contributed by atoms with Crippen molar-refractivity contribution in [3.05, 3.63) is 59.4 Å². The Hall–Kier alpha value is -2.96. The zero-order chi connectivity index (χ0) is 22.6. The molecule has 166 valence electrons. The van der Waals surface area contributed by atoms with Crippen LogP contribution in [0.15, 0.2) is 41.3 Å². The molecule has 0 aliphatic carbocycles. The Labute approximate surface area is 175 Å². The number of rotatable bonds is 6. The summed E-state index contributed by atoms with van der Waals surface area (Å²) in [6.45, 7) is -0.312. The van der Waals surface area contributed by atoms with E-state index in [9.17, 15) is 31.2 Å². The molecule has 0 unspecified atom stereocenters. The lowest BCUT2D eigenvalue weighted by molar-refractivity contribution is -0.119. The first kappa shape index (κ1) is 22.7. The second-order valence-corrected chi connectivity index (χ2v) is 8.34. The lowest BCUT2D eigenvalue weighted by Gasteiger charge is -2.26. The average molecular weight is 458 g/mol. The highest BCUT2D eigenvalue weighted by Gasteiger charge is 2.28. The lowest BCUT2D eigenvalue weighted by Crippen LogP contribution is -2.40. The van der Waals surface area contributed by atoms with Crippen molar-refractivity contribution in [2.75, 3.05) is 38.2 Å². The fourth-order valence-electron chi connectivity index (χ4n) is 2.75. The second-order valence-electron chi connectivity index (χ2n) is 6.41. The van der Waals surface area contributed by atoms with E-state index >= 15 is 0 Å². The smallest absolute Gasteiger partial charge is 0.341 e. The fourth-order valence-corrected chi connectivity index (χ4v) is 4.18. The van der Waals surface area contributed by atoms with Gasteiger partial charge in [0.2, 0.25) is 10.0 Å². The number of morpholine rings is 1. The second kappa shape index (κ2) is 9.45. The van der Waals surface area contributed by atoms with Crippen molar-refractivity contribution in [2.45, 2.75) is 4.90 Å². The SMILES string of the molecule is O=C(COC(=O)c1cc(S(=O)(=O)N2CCOCC2)ccc1F)Nc1cc(F)ccc1F. The topological polar surface area (TPSA) is 102 Å². The summed E-state index contributed by atoms with van der Waals surface area (Å²) < 4.78 is 77.1. The van der Waals surface area contributed by atoms with Gasteiger partial charge in [-0.15, -0.1) is 0 Å². The molecule has 1 saturated heterocycles. The van der Waals surface area contributed by atoms with E-state index < -0.39 is 57.2 Å². The highest BCUT2D eigenvalue weighted by molar-refractivity contribution is 7.89. The quantitative estimate of drug-likeness (QED) is 0.664. The van der Waals surface area contributed by atoms with E-state index in [0.717, 1.165) is 40.7 Å². The van der Waals surface area contributed by atoms with Gasteiger partial charge in [0.1, 0.15) is 17.5 Å². The van der Waals surface area contributed by atoms with Gasteiger partial charge >= 0.3 is 5.97 Å². The van der Waals surface area contributed by atoms with Crippen LogP contribution in [0.25, 0.3) is 0 Å². The van der Waals surface area contributed by atoms with E-state index in [2.05, 4.69) is 0 Å². The predicted octanol–water partition coefficient (Wildman–Crippen LogP) is 1.92. The zero-order valence-electron chi connectivity index (χ0n) is 15.9. The summed E-state index contributed by atoms with van der Waals surface area (Å²) >= 11 is 0. The number of benzene rings is 2. The Kier molecular flexibility index (Phi) is 6.93. The number of halogens is 3. The minimum atomic E-state index is -3.99. The van der Waals surface area contributed by atoms with Gasteiger partial charge in [0.15, 0.2) is 6.61 Å². The van der Waals surface area contributed by atoms with Crippen molar-refractivity contribution in [1.29, 1.82) is 0 Å². The number of hydrogen-bond donors (Lipinski definition) is 1. The first-order valence-electron chi connectivity index (χ1n) is 8.98. The molecule has 0 bridgehead atoms. The highest BCUT2D eigenvalue weighted by atomic mass is 32.2. The van der Waals surface area contributed by atoms with Gasteiger partial charge in [-0.1, -0.05) is 0 Å². The zero-order valence-corrected chi connectivity index (χ0v) is 16.8. The molecule has 31 heavy (non-hydrogen) atoms. The molecule has 0 aromatic heterocycles. The van der Waals surface area contributed by atoms with Gasteiger partial charge in [0, 0.05) is 19.2 Å². The number of anilines is 1. The number of nitrogens with one attached hydrogen (secondary N) is 1. The van der Waals surface area contributed by atoms with Gasteiger partial charge in [0.25, 0.3) is 5.91 Å². The van der Waals surface area contributed by atoms with Crippen LogP contribution >= 0.6 is 0 Å². The van der Waals surface area contributed by atoms with Crippen LogP contribution in [-0.4, -0.2) is 57.5 Å². The molecule has 1 fully saturated rings. The van der Waals surface area contributed by atoms with Gasteiger partial charge in [-0.05, 0) is 30.3 Å². The number of ether oxygens (including phenoxy) is 2. The molecule has 2 aromatic carbocycles. The molecule has 0 saturated carbocycles. The molecule has 1 aliphatic rings. The first-order valence-corrected chi connectivity index (χ1v) is 10.4. The number of carbonyl (C=O) groups is 2. The molecule has 8 nitrogen and oxygen atoms in total. The Morgan fingerprint density at radius 2 is 1.71 bits per heavy atom.